The Morgan fingerprint density at radius 2 is 1.91 bits per heavy atom. The molecule has 0 spiro atoms. The molecule has 0 fully saturated rings. The number of rotatable bonds is 7. The van der Waals surface area contributed by atoms with E-state index in [1.807, 2.05) is 17.8 Å². The molecule has 0 bridgehead atoms. The Balaban J connectivity index is 1.84. The lowest BCUT2D eigenvalue weighted by Crippen LogP contribution is -2.27. The molecule has 122 valence electrons. The van der Waals surface area contributed by atoms with Gasteiger partial charge in [0, 0.05) is 42.6 Å². The third-order valence-electron chi connectivity index (χ3n) is 4.01. The van der Waals surface area contributed by atoms with E-state index in [1.165, 1.54) is 11.3 Å². The summed E-state index contributed by atoms with van der Waals surface area (Å²) in [5, 5.41) is 12.5. The van der Waals surface area contributed by atoms with Crippen molar-refractivity contribution in [3.8, 4) is 0 Å². The molecule has 0 radical (unpaired) electrons. The van der Waals surface area contributed by atoms with E-state index in [-0.39, 0.29) is 0 Å². The molecule has 0 saturated carbocycles. The smallest absolute Gasteiger partial charge is 0.0596 e. The van der Waals surface area contributed by atoms with E-state index >= 15 is 0 Å². The second kappa shape index (κ2) is 7.09. The molecular weight excluding hydrogens is 274 g/mol. The summed E-state index contributed by atoms with van der Waals surface area (Å²) in [6.45, 7) is 14.8. The molecule has 0 aliphatic rings. The Hall–Kier alpha value is -1.62. The maximum Gasteiger partial charge on any atom is 0.0596 e. The van der Waals surface area contributed by atoms with Gasteiger partial charge in [0.2, 0.25) is 0 Å². The molecule has 0 saturated heterocycles. The highest BCUT2D eigenvalue weighted by molar-refractivity contribution is 5.09. The van der Waals surface area contributed by atoms with Crippen molar-refractivity contribution in [3.63, 3.8) is 0 Å². The van der Waals surface area contributed by atoms with Crippen LogP contribution in [0.25, 0.3) is 0 Å². The van der Waals surface area contributed by atoms with E-state index in [0.717, 1.165) is 18.8 Å². The molecule has 0 unspecified atom stereocenters. The van der Waals surface area contributed by atoms with E-state index in [9.17, 15) is 0 Å². The highest BCUT2D eigenvalue weighted by Gasteiger charge is 2.12. The van der Waals surface area contributed by atoms with Crippen LogP contribution in [0.4, 0.5) is 0 Å². The standard InChI is InChI=1S/C17H29N5/c1-12(2)21-11-17(9-19-21)16(6)18-8-13(3)10-22-15(5)7-14(4)20-22/h7,9,11-13,16,18H,8,10H2,1-6H3/t13-,16-/m1/s1. The van der Waals surface area contributed by atoms with Crippen LogP contribution in [0.2, 0.25) is 0 Å². The molecule has 0 amide bonds. The monoisotopic (exact) mass is 303 g/mol. The zero-order valence-electron chi connectivity index (χ0n) is 14.7. The molecule has 22 heavy (non-hydrogen) atoms. The maximum atomic E-state index is 4.53. The quantitative estimate of drug-likeness (QED) is 0.854. The summed E-state index contributed by atoms with van der Waals surface area (Å²) in [4.78, 5) is 0. The second-order valence-corrected chi connectivity index (χ2v) is 6.69. The molecule has 0 aliphatic carbocycles. The fourth-order valence-corrected chi connectivity index (χ4v) is 2.57. The first-order valence-corrected chi connectivity index (χ1v) is 8.15. The van der Waals surface area contributed by atoms with Crippen LogP contribution in [0.1, 0.15) is 56.7 Å². The van der Waals surface area contributed by atoms with Gasteiger partial charge in [-0.15, -0.1) is 0 Å². The number of nitrogens with zero attached hydrogens (tertiary/aromatic N) is 4. The van der Waals surface area contributed by atoms with Gasteiger partial charge in [-0.3, -0.25) is 9.36 Å². The molecule has 0 aromatic carbocycles. The average molecular weight is 303 g/mol. The highest BCUT2D eigenvalue weighted by Crippen LogP contribution is 2.14. The lowest BCUT2D eigenvalue weighted by molar-refractivity contribution is 0.398. The van der Waals surface area contributed by atoms with E-state index in [1.54, 1.807) is 0 Å². The van der Waals surface area contributed by atoms with E-state index < -0.39 is 0 Å². The van der Waals surface area contributed by atoms with Gasteiger partial charge in [0.05, 0.1) is 11.9 Å². The first kappa shape index (κ1) is 16.7. The van der Waals surface area contributed by atoms with Crippen molar-refractivity contribution in [1.82, 2.24) is 24.9 Å². The summed E-state index contributed by atoms with van der Waals surface area (Å²) in [5.74, 6) is 0.528. The average Bonchev–Trinajstić information content (AvgIpc) is 3.04. The minimum atomic E-state index is 0.315. The molecule has 2 aromatic heterocycles. The topological polar surface area (TPSA) is 47.7 Å². The van der Waals surface area contributed by atoms with Gasteiger partial charge in [0.1, 0.15) is 0 Å². The van der Waals surface area contributed by atoms with Crippen LogP contribution in [0.3, 0.4) is 0 Å². The number of aryl methyl sites for hydroxylation is 2. The number of hydrogen-bond donors (Lipinski definition) is 1. The Bertz CT molecular complexity index is 596. The van der Waals surface area contributed by atoms with Crippen molar-refractivity contribution in [3.05, 3.63) is 35.4 Å². The second-order valence-electron chi connectivity index (χ2n) is 6.69. The minimum absolute atomic E-state index is 0.315. The zero-order valence-corrected chi connectivity index (χ0v) is 14.7. The van der Waals surface area contributed by atoms with Crippen LogP contribution >= 0.6 is 0 Å². The van der Waals surface area contributed by atoms with Gasteiger partial charge in [0.25, 0.3) is 0 Å². The molecule has 2 heterocycles. The summed E-state index contributed by atoms with van der Waals surface area (Å²) >= 11 is 0. The van der Waals surface area contributed by atoms with Crippen LogP contribution in [-0.4, -0.2) is 26.1 Å². The summed E-state index contributed by atoms with van der Waals surface area (Å²) in [6, 6.07) is 2.85. The summed E-state index contributed by atoms with van der Waals surface area (Å²) in [7, 11) is 0. The zero-order chi connectivity index (χ0) is 16.3. The molecule has 5 nitrogen and oxygen atoms in total. The highest BCUT2D eigenvalue weighted by atomic mass is 15.3. The van der Waals surface area contributed by atoms with Crippen molar-refractivity contribution in [2.24, 2.45) is 5.92 Å². The molecular formula is C17H29N5. The third-order valence-corrected chi connectivity index (χ3v) is 4.01. The lowest BCUT2D eigenvalue weighted by Gasteiger charge is -2.17. The van der Waals surface area contributed by atoms with Crippen molar-refractivity contribution in [2.45, 2.75) is 60.2 Å². The van der Waals surface area contributed by atoms with Gasteiger partial charge in [-0.05, 0) is 46.6 Å². The number of nitrogens with one attached hydrogen (secondary N) is 1. The van der Waals surface area contributed by atoms with E-state index in [0.29, 0.717) is 18.0 Å². The van der Waals surface area contributed by atoms with E-state index in [4.69, 9.17) is 0 Å². The largest absolute Gasteiger partial charge is 0.310 e. The minimum Gasteiger partial charge on any atom is -0.310 e. The molecule has 1 N–H and O–H groups in total. The van der Waals surface area contributed by atoms with Crippen molar-refractivity contribution >= 4 is 0 Å². The Kier molecular flexibility index (Phi) is 5.40. The van der Waals surface area contributed by atoms with Gasteiger partial charge in [-0.2, -0.15) is 10.2 Å². The molecule has 2 atom stereocenters. The predicted molar refractivity (Wildman–Crippen MR) is 89.9 cm³/mol. The van der Waals surface area contributed by atoms with E-state index in [2.05, 4.69) is 67.1 Å². The van der Waals surface area contributed by atoms with Crippen molar-refractivity contribution in [2.75, 3.05) is 6.54 Å². The fraction of sp³-hybridized carbons (Fsp3) is 0.647. The van der Waals surface area contributed by atoms with Gasteiger partial charge < -0.3 is 5.32 Å². The Morgan fingerprint density at radius 1 is 1.18 bits per heavy atom. The first-order valence-electron chi connectivity index (χ1n) is 8.15. The van der Waals surface area contributed by atoms with Crippen LogP contribution < -0.4 is 5.32 Å². The fourth-order valence-electron chi connectivity index (χ4n) is 2.57. The van der Waals surface area contributed by atoms with Crippen LogP contribution in [-0.2, 0) is 6.54 Å². The summed E-state index contributed by atoms with van der Waals surface area (Å²) in [5.41, 5.74) is 3.56. The van der Waals surface area contributed by atoms with Crippen molar-refractivity contribution in [1.29, 1.82) is 0 Å². The lowest BCUT2D eigenvalue weighted by atomic mass is 10.1. The van der Waals surface area contributed by atoms with Crippen LogP contribution in [0, 0.1) is 19.8 Å². The number of hydrogen-bond acceptors (Lipinski definition) is 3. The van der Waals surface area contributed by atoms with Gasteiger partial charge in [0.15, 0.2) is 0 Å². The van der Waals surface area contributed by atoms with Gasteiger partial charge >= 0.3 is 0 Å². The molecule has 5 heteroatoms. The maximum absolute atomic E-state index is 4.53. The van der Waals surface area contributed by atoms with Gasteiger partial charge in [-0.1, -0.05) is 6.92 Å². The van der Waals surface area contributed by atoms with Crippen LogP contribution in [0.5, 0.6) is 0 Å². The predicted octanol–water partition coefficient (Wildman–Crippen LogP) is 3.26. The normalized spacial score (nSPS) is 14.5. The Morgan fingerprint density at radius 3 is 2.45 bits per heavy atom. The Labute approximate surface area is 133 Å². The SMILES string of the molecule is Cc1cc(C)n(C[C@H](C)CN[C@H](C)c2cnn(C(C)C)c2)n1. The summed E-state index contributed by atoms with van der Waals surface area (Å²) < 4.78 is 4.11. The van der Waals surface area contributed by atoms with Crippen molar-refractivity contribution < 1.29 is 0 Å². The first-order chi connectivity index (χ1) is 10.4. The molecule has 0 aliphatic heterocycles. The summed E-state index contributed by atoms with van der Waals surface area (Å²) in [6.07, 6.45) is 4.09. The third kappa shape index (κ3) is 4.19. The van der Waals surface area contributed by atoms with Crippen LogP contribution in [0.15, 0.2) is 18.5 Å². The molecule has 2 aromatic rings. The number of aromatic nitrogens is 4. The molecule has 2 rings (SSSR count). The van der Waals surface area contributed by atoms with Gasteiger partial charge in [-0.25, -0.2) is 0 Å².